The first kappa shape index (κ1) is 20.6. The average molecular weight is 419 g/mol. The first-order chi connectivity index (χ1) is 14.0. The van der Waals surface area contributed by atoms with Gasteiger partial charge in [-0.1, -0.05) is 17.7 Å². The van der Waals surface area contributed by atoms with E-state index in [1.54, 1.807) is 30.3 Å². The second kappa shape index (κ2) is 9.85. The van der Waals surface area contributed by atoms with Gasteiger partial charge in [-0.15, -0.1) is 0 Å². The third kappa shape index (κ3) is 5.90. The number of non-ortho nitro benzene ring substituents is 1. The summed E-state index contributed by atoms with van der Waals surface area (Å²) in [6.07, 6.45) is 1.38. The van der Waals surface area contributed by atoms with Crippen molar-refractivity contribution in [3.63, 3.8) is 0 Å². The molecule has 1 fully saturated rings. The van der Waals surface area contributed by atoms with Gasteiger partial charge in [0.05, 0.1) is 24.4 Å². The standard InChI is InChI=1S/C19H19ClN4O5/c20-15-2-1-3-17(11-15)29-13-19(25)22-21-12-14-10-16(24(26)27)4-5-18(14)23-6-8-28-9-7-23/h1-5,10-12H,6-9,13H2,(H,22,25)/b21-12-. The molecule has 0 radical (unpaired) electrons. The Morgan fingerprint density at radius 1 is 1.31 bits per heavy atom. The second-order valence-corrected chi connectivity index (χ2v) is 6.58. The number of morpholine rings is 1. The molecule has 9 nitrogen and oxygen atoms in total. The molecule has 0 unspecified atom stereocenters. The van der Waals surface area contributed by atoms with Gasteiger partial charge >= 0.3 is 0 Å². The van der Waals surface area contributed by atoms with Crippen molar-refractivity contribution >= 4 is 35.1 Å². The van der Waals surface area contributed by atoms with Crippen molar-refractivity contribution < 1.29 is 19.2 Å². The van der Waals surface area contributed by atoms with Crippen molar-refractivity contribution in [1.29, 1.82) is 0 Å². The van der Waals surface area contributed by atoms with Crippen LogP contribution in [0.2, 0.25) is 5.02 Å². The van der Waals surface area contributed by atoms with Crippen molar-refractivity contribution in [3.8, 4) is 5.75 Å². The van der Waals surface area contributed by atoms with Crippen LogP contribution in [0.5, 0.6) is 5.75 Å². The highest BCUT2D eigenvalue weighted by atomic mass is 35.5. The minimum Gasteiger partial charge on any atom is -0.484 e. The van der Waals surface area contributed by atoms with Gasteiger partial charge < -0.3 is 14.4 Å². The van der Waals surface area contributed by atoms with Crippen molar-refractivity contribution in [3.05, 3.63) is 63.2 Å². The van der Waals surface area contributed by atoms with Crippen LogP contribution in [0.15, 0.2) is 47.6 Å². The normalized spacial score (nSPS) is 14.0. The fraction of sp³-hybridized carbons (Fsp3) is 0.263. The number of carbonyl (C=O) groups is 1. The summed E-state index contributed by atoms with van der Waals surface area (Å²) in [6, 6.07) is 11.2. The van der Waals surface area contributed by atoms with Gasteiger partial charge in [0.15, 0.2) is 6.61 Å². The van der Waals surface area contributed by atoms with E-state index >= 15 is 0 Å². The van der Waals surface area contributed by atoms with E-state index in [1.807, 2.05) is 0 Å². The SMILES string of the molecule is O=C(COc1cccc(Cl)c1)N/N=C\c1cc([N+](=O)[O-])ccc1N1CCOCC1. The van der Waals surface area contributed by atoms with Crippen LogP contribution in [0, 0.1) is 10.1 Å². The van der Waals surface area contributed by atoms with Crippen LogP contribution in [0.4, 0.5) is 11.4 Å². The van der Waals surface area contributed by atoms with Gasteiger partial charge in [0, 0.05) is 41.5 Å². The molecule has 10 heteroatoms. The zero-order chi connectivity index (χ0) is 20.6. The number of hydrogen-bond donors (Lipinski definition) is 1. The maximum absolute atomic E-state index is 11.9. The molecule has 1 N–H and O–H groups in total. The summed E-state index contributed by atoms with van der Waals surface area (Å²) >= 11 is 5.86. The number of ether oxygens (including phenoxy) is 2. The highest BCUT2D eigenvalue weighted by Gasteiger charge is 2.17. The van der Waals surface area contributed by atoms with E-state index in [0.29, 0.717) is 42.6 Å². The molecule has 29 heavy (non-hydrogen) atoms. The molecule has 1 aliphatic rings. The Kier molecular flexibility index (Phi) is 6.99. The van der Waals surface area contributed by atoms with Crippen LogP contribution in [0.3, 0.4) is 0 Å². The van der Waals surface area contributed by atoms with E-state index < -0.39 is 10.8 Å². The number of rotatable bonds is 7. The van der Waals surface area contributed by atoms with E-state index in [4.69, 9.17) is 21.1 Å². The van der Waals surface area contributed by atoms with E-state index in [0.717, 1.165) is 5.69 Å². The molecule has 0 aromatic heterocycles. The van der Waals surface area contributed by atoms with E-state index in [2.05, 4.69) is 15.4 Å². The summed E-state index contributed by atoms with van der Waals surface area (Å²) in [4.78, 5) is 24.6. The molecule has 1 saturated heterocycles. The molecule has 0 spiro atoms. The fourth-order valence-corrected chi connectivity index (χ4v) is 2.94. The topological polar surface area (TPSA) is 106 Å². The number of amides is 1. The van der Waals surface area contributed by atoms with Crippen LogP contribution in [-0.4, -0.2) is 50.0 Å². The summed E-state index contributed by atoms with van der Waals surface area (Å²) in [5.74, 6) is -0.00973. The third-order valence-corrected chi connectivity index (χ3v) is 4.37. The molecular weight excluding hydrogens is 400 g/mol. The quantitative estimate of drug-likeness (QED) is 0.421. The Hall–Kier alpha value is -3.17. The third-order valence-electron chi connectivity index (χ3n) is 4.13. The lowest BCUT2D eigenvalue weighted by Gasteiger charge is -2.29. The average Bonchev–Trinajstić information content (AvgIpc) is 2.73. The van der Waals surface area contributed by atoms with Gasteiger partial charge in [0.2, 0.25) is 0 Å². The number of nitrogens with one attached hydrogen (secondary N) is 1. The largest absolute Gasteiger partial charge is 0.484 e. The van der Waals surface area contributed by atoms with Gasteiger partial charge in [0.1, 0.15) is 5.75 Å². The van der Waals surface area contributed by atoms with E-state index in [1.165, 1.54) is 18.3 Å². The van der Waals surface area contributed by atoms with E-state index in [-0.39, 0.29) is 12.3 Å². The number of carbonyl (C=O) groups excluding carboxylic acids is 1. The molecular formula is C19H19ClN4O5. The molecule has 0 aliphatic carbocycles. The van der Waals surface area contributed by atoms with Crippen LogP contribution < -0.4 is 15.1 Å². The minimum absolute atomic E-state index is 0.0564. The van der Waals surface area contributed by atoms with Crippen molar-refractivity contribution in [2.75, 3.05) is 37.8 Å². The zero-order valence-electron chi connectivity index (χ0n) is 15.4. The van der Waals surface area contributed by atoms with Gasteiger partial charge in [-0.05, 0) is 24.3 Å². The maximum atomic E-state index is 11.9. The highest BCUT2D eigenvalue weighted by Crippen LogP contribution is 2.25. The van der Waals surface area contributed by atoms with Crippen LogP contribution in [-0.2, 0) is 9.53 Å². The first-order valence-corrected chi connectivity index (χ1v) is 9.22. The first-order valence-electron chi connectivity index (χ1n) is 8.84. The minimum atomic E-state index is -0.474. The molecule has 0 saturated carbocycles. The molecule has 2 aromatic rings. The van der Waals surface area contributed by atoms with E-state index in [9.17, 15) is 14.9 Å². The Morgan fingerprint density at radius 3 is 2.83 bits per heavy atom. The molecule has 0 bridgehead atoms. The van der Waals surface area contributed by atoms with Crippen molar-refractivity contribution in [2.24, 2.45) is 5.10 Å². The highest BCUT2D eigenvalue weighted by molar-refractivity contribution is 6.30. The number of hydrazone groups is 1. The molecule has 3 rings (SSSR count). The lowest BCUT2D eigenvalue weighted by Crippen LogP contribution is -2.36. The number of hydrogen-bond acceptors (Lipinski definition) is 7. The molecule has 2 aromatic carbocycles. The van der Waals surface area contributed by atoms with Gasteiger partial charge in [-0.2, -0.15) is 5.10 Å². The van der Waals surface area contributed by atoms with Crippen LogP contribution >= 0.6 is 11.6 Å². The zero-order valence-corrected chi connectivity index (χ0v) is 16.2. The predicted molar refractivity (Wildman–Crippen MR) is 109 cm³/mol. The molecule has 1 aliphatic heterocycles. The summed E-state index contributed by atoms with van der Waals surface area (Å²) in [6.45, 7) is 2.23. The summed E-state index contributed by atoms with van der Waals surface area (Å²) in [5, 5.41) is 15.5. The molecule has 0 atom stereocenters. The second-order valence-electron chi connectivity index (χ2n) is 6.14. The Bertz CT molecular complexity index is 915. The lowest BCUT2D eigenvalue weighted by molar-refractivity contribution is -0.384. The smallest absolute Gasteiger partial charge is 0.277 e. The van der Waals surface area contributed by atoms with Crippen LogP contribution in [0.25, 0.3) is 0 Å². The Morgan fingerprint density at radius 2 is 2.10 bits per heavy atom. The van der Waals surface area contributed by atoms with Crippen LogP contribution in [0.1, 0.15) is 5.56 Å². The molecule has 1 heterocycles. The van der Waals surface area contributed by atoms with Crippen molar-refractivity contribution in [2.45, 2.75) is 0 Å². The number of nitro benzene ring substituents is 1. The number of halogens is 1. The predicted octanol–water partition coefficient (Wildman–Crippen LogP) is 2.61. The number of benzene rings is 2. The Balaban J connectivity index is 1.65. The number of anilines is 1. The maximum Gasteiger partial charge on any atom is 0.277 e. The summed E-state index contributed by atoms with van der Waals surface area (Å²) in [5.41, 5.74) is 3.61. The molecule has 152 valence electrons. The Labute approximate surface area is 172 Å². The number of nitro groups is 1. The number of nitrogens with zero attached hydrogens (tertiary/aromatic N) is 3. The summed E-state index contributed by atoms with van der Waals surface area (Å²) < 4.78 is 10.7. The lowest BCUT2D eigenvalue weighted by atomic mass is 10.1. The fourth-order valence-electron chi connectivity index (χ4n) is 2.76. The molecule has 1 amide bonds. The van der Waals surface area contributed by atoms with Gasteiger partial charge in [-0.25, -0.2) is 5.43 Å². The summed E-state index contributed by atoms with van der Waals surface area (Å²) in [7, 11) is 0. The van der Waals surface area contributed by atoms with Crippen molar-refractivity contribution in [1.82, 2.24) is 5.43 Å². The van der Waals surface area contributed by atoms with Gasteiger partial charge in [-0.3, -0.25) is 14.9 Å². The van der Waals surface area contributed by atoms with Gasteiger partial charge in [0.25, 0.3) is 11.6 Å². The monoisotopic (exact) mass is 418 g/mol.